The van der Waals surface area contributed by atoms with E-state index in [-0.39, 0.29) is 5.82 Å². The van der Waals surface area contributed by atoms with Crippen LogP contribution in [-0.4, -0.2) is 0 Å². The number of aryl methyl sites for hydroxylation is 4. The second-order valence-electron chi connectivity index (χ2n) is 6.64. The van der Waals surface area contributed by atoms with E-state index in [2.05, 4.69) is 62.5 Å². The fourth-order valence-corrected chi connectivity index (χ4v) is 3.01. The predicted molar refractivity (Wildman–Crippen MR) is 104 cm³/mol. The summed E-state index contributed by atoms with van der Waals surface area (Å²) < 4.78 is 13.1. The molecule has 0 unspecified atom stereocenters. The van der Waals surface area contributed by atoms with Crippen molar-refractivity contribution >= 4 is 11.4 Å². The number of hydrogen-bond acceptors (Lipinski definition) is 1. The average molecular weight is 333 g/mol. The normalized spacial score (nSPS) is 10.7. The zero-order chi connectivity index (χ0) is 17.8. The molecule has 0 saturated heterocycles. The molecule has 0 fully saturated rings. The van der Waals surface area contributed by atoms with Gasteiger partial charge in [-0.3, -0.25) is 0 Å². The van der Waals surface area contributed by atoms with Gasteiger partial charge in [-0.1, -0.05) is 30.3 Å². The van der Waals surface area contributed by atoms with E-state index in [1.165, 1.54) is 39.9 Å². The summed E-state index contributed by atoms with van der Waals surface area (Å²) in [6.07, 6.45) is 2.04. The van der Waals surface area contributed by atoms with Crippen molar-refractivity contribution in [3.8, 4) is 0 Å². The molecule has 1 N–H and O–H groups in total. The molecule has 25 heavy (non-hydrogen) atoms. The van der Waals surface area contributed by atoms with Crippen molar-refractivity contribution in [3.05, 3.63) is 94.3 Å². The minimum atomic E-state index is -0.218. The van der Waals surface area contributed by atoms with Crippen LogP contribution in [0.1, 0.15) is 27.8 Å². The monoisotopic (exact) mass is 333 g/mol. The molecular formula is C23H24FN. The van der Waals surface area contributed by atoms with E-state index in [9.17, 15) is 4.39 Å². The molecule has 0 aliphatic carbocycles. The Hall–Kier alpha value is -2.61. The Morgan fingerprint density at radius 3 is 2.32 bits per heavy atom. The van der Waals surface area contributed by atoms with Crippen LogP contribution in [-0.2, 0) is 12.8 Å². The zero-order valence-corrected chi connectivity index (χ0v) is 15.1. The molecule has 0 radical (unpaired) electrons. The summed E-state index contributed by atoms with van der Waals surface area (Å²) in [7, 11) is 0. The van der Waals surface area contributed by atoms with Gasteiger partial charge in [0.05, 0.1) is 0 Å². The highest BCUT2D eigenvalue weighted by Crippen LogP contribution is 2.23. The van der Waals surface area contributed by atoms with E-state index >= 15 is 0 Å². The van der Waals surface area contributed by atoms with Crippen molar-refractivity contribution in [3.63, 3.8) is 0 Å². The lowest BCUT2D eigenvalue weighted by molar-refractivity contribution is 0.628. The third kappa shape index (κ3) is 4.27. The minimum Gasteiger partial charge on any atom is -0.355 e. The lowest BCUT2D eigenvalue weighted by Gasteiger charge is -2.13. The Morgan fingerprint density at radius 2 is 1.56 bits per heavy atom. The summed E-state index contributed by atoms with van der Waals surface area (Å²) in [5, 5.41) is 3.39. The molecule has 3 aromatic carbocycles. The number of anilines is 2. The SMILES string of the molecule is Cc1ccc(CCc2cccc(C)c2C)cc1Nc1ccc(F)cc1. The summed E-state index contributed by atoms with van der Waals surface area (Å²) in [5.74, 6) is -0.218. The van der Waals surface area contributed by atoms with Gasteiger partial charge in [-0.2, -0.15) is 0 Å². The Bertz CT molecular complexity index is 866. The van der Waals surface area contributed by atoms with Crippen molar-refractivity contribution < 1.29 is 4.39 Å². The van der Waals surface area contributed by atoms with E-state index < -0.39 is 0 Å². The fraction of sp³-hybridized carbons (Fsp3) is 0.217. The average Bonchev–Trinajstić information content (AvgIpc) is 2.61. The van der Waals surface area contributed by atoms with Gasteiger partial charge in [-0.15, -0.1) is 0 Å². The van der Waals surface area contributed by atoms with Crippen molar-refractivity contribution in [1.82, 2.24) is 0 Å². The summed E-state index contributed by atoms with van der Waals surface area (Å²) >= 11 is 0. The second kappa shape index (κ2) is 7.52. The van der Waals surface area contributed by atoms with Gasteiger partial charge in [-0.05, 0) is 91.8 Å². The minimum absolute atomic E-state index is 0.218. The van der Waals surface area contributed by atoms with Gasteiger partial charge < -0.3 is 5.32 Å². The third-order valence-corrected chi connectivity index (χ3v) is 4.83. The summed E-state index contributed by atoms with van der Waals surface area (Å²) in [6, 6.07) is 19.5. The van der Waals surface area contributed by atoms with E-state index in [1.54, 1.807) is 12.1 Å². The standard InChI is InChI=1S/C23H24FN/c1-16-5-4-6-20(18(16)3)10-9-19-8-7-17(2)23(15-19)25-22-13-11-21(24)12-14-22/h4-8,11-15,25H,9-10H2,1-3H3. The Morgan fingerprint density at radius 1 is 0.800 bits per heavy atom. The molecule has 2 heteroatoms. The van der Waals surface area contributed by atoms with Gasteiger partial charge >= 0.3 is 0 Å². The molecule has 0 heterocycles. The maximum Gasteiger partial charge on any atom is 0.123 e. The smallest absolute Gasteiger partial charge is 0.123 e. The zero-order valence-electron chi connectivity index (χ0n) is 15.1. The van der Waals surface area contributed by atoms with Gasteiger partial charge in [-0.25, -0.2) is 4.39 Å². The lowest BCUT2D eigenvalue weighted by Crippen LogP contribution is -1.98. The van der Waals surface area contributed by atoms with Crippen LogP contribution in [0.25, 0.3) is 0 Å². The molecule has 0 aromatic heterocycles. The van der Waals surface area contributed by atoms with Gasteiger partial charge in [0.25, 0.3) is 0 Å². The highest BCUT2D eigenvalue weighted by atomic mass is 19.1. The second-order valence-corrected chi connectivity index (χ2v) is 6.64. The molecule has 0 amide bonds. The number of benzene rings is 3. The van der Waals surface area contributed by atoms with Crippen molar-refractivity contribution in [1.29, 1.82) is 0 Å². The molecule has 1 nitrogen and oxygen atoms in total. The molecule has 0 spiro atoms. The number of rotatable bonds is 5. The van der Waals surface area contributed by atoms with Crippen LogP contribution in [0.15, 0.2) is 60.7 Å². The molecule has 0 atom stereocenters. The molecule has 0 bridgehead atoms. The first-order chi connectivity index (χ1) is 12.0. The molecular weight excluding hydrogens is 309 g/mol. The summed E-state index contributed by atoms with van der Waals surface area (Å²) in [5.41, 5.74) is 8.60. The summed E-state index contributed by atoms with van der Waals surface area (Å²) in [6.45, 7) is 6.44. The van der Waals surface area contributed by atoms with Crippen LogP contribution in [0.2, 0.25) is 0 Å². The maximum atomic E-state index is 13.1. The first-order valence-corrected chi connectivity index (χ1v) is 8.70. The van der Waals surface area contributed by atoms with Crippen LogP contribution >= 0.6 is 0 Å². The number of hydrogen-bond donors (Lipinski definition) is 1. The first-order valence-electron chi connectivity index (χ1n) is 8.70. The van der Waals surface area contributed by atoms with Gasteiger partial charge in [0.2, 0.25) is 0 Å². The van der Waals surface area contributed by atoms with Crippen LogP contribution in [0, 0.1) is 26.6 Å². The molecule has 128 valence electrons. The Labute approximate surface area is 149 Å². The van der Waals surface area contributed by atoms with E-state index in [4.69, 9.17) is 0 Å². The number of nitrogens with one attached hydrogen (secondary N) is 1. The molecule has 0 saturated carbocycles. The fourth-order valence-electron chi connectivity index (χ4n) is 3.01. The molecule has 0 aliphatic rings. The quantitative estimate of drug-likeness (QED) is 0.579. The van der Waals surface area contributed by atoms with Crippen LogP contribution in [0.5, 0.6) is 0 Å². The van der Waals surface area contributed by atoms with Crippen LogP contribution < -0.4 is 5.32 Å². The van der Waals surface area contributed by atoms with Crippen molar-refractivity contribution in [2.45, 2.75) is 33.6 Å². The number of halogens is 1. The highest BCUT2D eigenvalue weighted by Gasteiger charge is 2.05. The summed E-state index contributed by atoms with van der Waals surface area (Å²) in [4.78, 5) is 0. The van der Waals surface area contributed by atoms with E-state index in [0.29, 0.717) is 0 Å². The molecule has 3 rings (SSSR count). The topological polar surface area (TPSA) is 12.0 Å². The Kier molecular flexibility index (Phi) is 5.18. The van der Waals surface area contributed by atoms with Crippen LogP contribution in [0.4, 0.5) is 15.8 Å². The van der Waals surface area contributed by atoms with Gasteiger partial charge in [0, 0.05) is 11.4 Å². The van der Waals surface area contributed by atoms with E-state index in [1.807, 2.05) is 0 Å². The molecule has 0 aliphatic heterocycles. The largest absolute Gasteiger partial charge is 0.355 e. The van der Waals surface area contributed by atoms with Gasteiger partial charge in [0.1, 0.15) is 5.82 Å². The van der Waals surface area contributed by atoms with Gasteiger partial charge in [0.15, 0.2) is 0 Å². The predicted octanol–water partition coefficient (Wildman–Crippen LogP) is 6.28. The van der Waals surface area contributed by atoms with E-state index in [0.717, 1.165) is 24.2 Å². The third-order valence-electron chi connectivity index (χ3n) is 4.83. The van der Waals surface area contributed by atoms with Crippen molar-refractivity contribution in [2.75, 3.05) is 5.32 Å². The Balaban J connectivity index is 1.74. The molecule has 3 aromatic rings. The first kappa shape index (κ1) is 17.2. The van der Waals surface area contributed by atoms with Crippen molar-refractivity contribution in [2.24, 2.45) is 0 Å². The lowest BCUT2D eigenvalue weighted by atomic mass is 9.97. The highest BCUT2D eigenvalue weighted by molar-refractivity contribution is 5.63. The maximum absolute atomic E-state index is 13.1. The van der Waals surface area contributed by atoms with Crippen LogP contribution in [0.3, 0.4) is 0 Å².